The Kier molecular flexibility index (Phi) is 4.32. The summed E-state index contributed by atoms with van der Waals surface area (Å²) in [5, 5.41) is 5.04. The highest BCUT2D eigenvalue weighted by atomic mass is 32.2. The molecule has 6 nitrogen and oxygen atoms in total. The molecule has 0 spiro atoms. The van der Waals surface area contributed by atoms with Crippen LogP contribution in [-0.2, 0) is 19.4 Å². The molecule has 2 N–H and O–H groups in total. The SMILES string of the molecule is Cc1cccc(C)c1NC(=O)C(=O)NC1CCS(=O)(=O)C1. The average molecular weight is 310 g/mol. The van der Waals surface area contributed by atoms with Gasteiger partial charge in [-0.25, -0.2) is 8.42 Å². The van der Waals surface area contributed by atoms with Gasteiger partial charge in [0, 0.05) is 11.7 Å². The van der Waals surface area contributed by atoms with Crippen molar-refractivity contribution in [1.29, 1.82) is 0 Å². The summed E-state index contributed by atoms with van der Waals surface area (Å²) in [6.45, 7) is 3.67. The van der Waals surface area contributed by atoms with Crippen molar-refractivity contribution in [2.75, 3.05) is 16.8 Å². The summed E-state index contributed by atoms with van der Waals surface area (Å²) in [7, 11) is -3.09. The van der Waals surface area contributed by atoms with Crippen molar-refractivity contribution in [1.82, 2.24) is 5.32 Å². The normalized spacial score (nSPS) is 20.0. The van der Waals surface area contributed by atoms with Crippen molar-refractivity contribution < 1.29 is 18.0 Å². The minimum Gasteiger partial charge on any atom is -0.344 e. The number of para-hydroxylation sites is 1. The number of anilines is 1. The van der Waals surface area contributed by atoms with Crippen LogP contribution in [0.25, 0.3) is 0 Å². The van der Waals surface area contributed by atoms with Gasteiger partial charge in [-0.3, -0.25) is 9.59 Å². The molecule has 1 aromatic rings. The minimum atomic E-state index is -3.09. The third kappa shape index (κ3) is 3.81. The molecule has 1 saturated heterocycles. The van der Waals surface area contributed by atoms with Gasteiger partial charge in [-0.2, -0.15) is 0 Å². The van der Waals surface area contributed by atoms with Gasteiger partial charge in [0.15, 0.2) is 9.84 Å². The fourth-order valence-corrected chi connectivity index (χ4v) is 4.02. The van der Waals surface area contributed by atoms with E-state index in [4.69, 9.17) is 0 Å². The zero-order valence-corrected chi connectivity index (χ0v) is 12.8. The lowest BCUT2D eigenvalue weighted by Gasteiger charge is -2.13. The number of benzene rings is 1. The summed E-state index contributed by atoms with van der Waals surface area (Å²) in [5.41, 5.74) is 2.33. The van der Waals surface area contributed by atoms with E-state index in [0.29, 0.717) is 12.1 Å². The van der Waals surface area contributed by atoms with Gasteiger partial charge < -0.3 is 10.6 Å². The number of nitrogens with one attached hydrogen (secondary N) is 2. The van der Waals surface area contributed by atoms with E-state index in [-0.39, 0.29) is 11.5 Å². The maximum atomic E-state index is 11.9. The summed E-state index contributed by atoms with van der Waals surface area (Å²) in [5.74, 6) is -1.64. The molecule has 0 bridgehead atoms. The Labute approximate surface area is 123 Å². The van der Waals surface area contributed by atoms with Gasteiger partial charge in [0.05, 0.1) is 11.5 Å². The van der Waals surface area contributed by atoms with Crippen LogP contribution in [0.3, 0.4) is 0 Å². The molecule has 1 fully saturated rings. The molecule has 1 aliphatic heterocycles. The van der Waals surface area contributed by atoms with Crippen molar-refractivity contribution in [3.8, 4) is 0 Å². The van der Waals surface area contributed by atoms with Crippen molar-refractivity contribution in [2.45, 2.75) is 26.3 Å². The molecule has 1 aromatic carbocycles. The first-order chi connectivity index (χ1) is 9.78. The number of rotatable bonds is 2. The molecule has 0 aliphatic carbocycles. The van der Waals surface area contributed by atoms with E-state index in [0.717, 1.165) is 11.1 Å². The molecule has 2 rings (SSSR count). The maximum Gasteiger partial charge on any atom is 0.313 e. The molecule has 21 heavy (non-hydrogen) atoms. The van der Waals surface area contributed by atoms with E-state index in [1.807, 2.05) is 32.0 Å². The van der Waals surface area contributed by atoms with Crippen molar-refractivity contribution in [3.05, 3.63) is 29.3 Å². The summed E-state index contributed by atoms with van der Waals surface area (Å²) in [4.78, 5) is 23.7. The molecule has 1 atom stereocenters. The smallest absolute Gasteiger partial charge is 0.313 e. The Morgan fingerprint density at radius 1 is 1.14 bits per heavy atom. The van der Waals surface area contributed by atoms with Gasteiger partial charge in [-0.1, -0.05) is 18.2 Å². The number of amides is 2. The molecule has 0 aromatic heterocycles. The molecule has 1 heterocycles. The van der Waals surface area contributed by atoms with Crippen LogP contribution < -0.4 is 10.6 Å². The first-order valence-corrected chi connectivity index (χ1v) is 8.49. The number of hydrogen-bond acceptors (Lipinski definition) is 4. The largest absolute Gasteiger partial charge is 0.344 e. The number of sulfone groups is 1. The molecule has 1 unspecified atom stereocenters. The maximum absolute atomic E-state index is 11.9. The number of aryl methyl sites for hydroxylation is 2. The second-order valence-electron chi connectivity index (χ2n) is 5.29. The summed E-state index contributed by atoms with van der Waals surface area (Å²) in [6, 6.07) is 5.06. The van der Waals surface area contributed by atoms with Crippen LogP contribution in [0.4, 0.5) is 5.69 Å². The second-order valence-corrected chi connectivity index (χ2v) is 7.52. The quantitative estimate of drug-likeness (QED) is 0.780. The molecular formula is C14H18N2O4S. The lowest BCUT2D eigenvalue weighted by Crippen LogP contribution is -2.42. The van der Waals surface area contributed by atoms with Gasteiger partial charge in [0.2, 0.25) is 0 Å². The number of hydrogen-bond donors (Lipinski definition) is 2. The predicted molar refractivity (Wildman–Crippen MR) is 79.7 cm³/mol. The predicted octanol–water partition coefficient (Wildman–Crippen LogP) is 0.545. The van der Waals surface area contributed by atoms with Crippen LogP contribution in [0.2, 0.25) is 0 Å². The lowest BCUT2D eigenvalue weighted by molar-refractivity contribution is -0.136. The third-order valence-electron chi connectivity index (χ3n) is 3.49. The van der Waals surface area contributed by atoms with E-state index in [1.54, 1.807) is 0 Å². The average Bonchev–Trinajstić information content (AvgIpc) is 2.73. The topological polar surface area (TPSA) is 92.3 Å². The first-order valence-electron chi connectivity index (χ1n) is 6.67. The molecule has 114 valence electrons. The molecule has 2 amide bonds. The zero-order valence-electron chi connectivity index (χ0n) is 12.0. The molecule has 1 aliphatic rings. The van der Waals surface area contributed by atoms with Gasteiger partial charge in [-0.15, -0.1) is 0 Å². The summed E-state index contributed by atoms with van der Waals surface area (Å²) < 4.78 is 22.6. The Bertz CT molecular complexity index is 662. The van der Waals surface area contributed by atoms with Crippen LogP contribution in [0.15, 0.2) is 18.2 Å². The standard InChI is InChI=1S/C14H18N2O4S/c1-9-4-3-5-10(2)12(9)16-14(18)13(17)15-11-6-7-21(19,20)8-11/h3-5,11H,6-8H2,1-2H3,(H,15,17)(H,16,18). The first kappa shape index (κ1) is 15.5. The van der Waals surface area contributed by atoms with E-state index in [2.05, 4.69) is 10.6 Å². The van der Waals surface area contributed by atoms with Crippen LogP contribution in [0.5, 0.6) is 0 Å². The monoisotopic (exact) mass is 310 g/mol. The highest BCUT2D eigenvalue weighted by Gasteiger charge is 2.30. The van der Waals surface area contributed by atoms with Crippen molar-refractivity contribution in [2.24, 2.45) is 0 Å². The summed E-state index contributed by atoms with van der Waals surface area (Å²) >= 11 is 0. The highest BCUT2D eigenvalue weighted by molar-refractivity contribution is 7.91. The van der Waals surface area contributed by atoms with Gasteiger partial charge in [0.25, 0.3) is 0 Å². The number of carbonyl (C=O) groups excluding carboxylic acids is 2. The Hall–Kier alpha value is -1.89. The third-order valence-corrected chi connectivity index (χ3v) is 5.26. The molecule has 0 saturated carbocycles. The fourth-order valence-electron chi connectivity index (χ4n) is 2.34. The van der Waals surface area contributed by atoms with E-state index >= 15 is 0 Å². The molecule has 7 heteroatoms. The van der Waals surface area contributed by atoms with Gasteiger partial charge in [-0.05, 0) is 31.4 Å². The zero-order chi connectivity index (χ0) is 15.6. The van der Waals surface area contributed by atoms with Gasteiger partial charge >= 0.3 is 11.8 Å². The van der Waals surface area contributed by atoms with E-state index < -0.39 is 27.7 Å². The molecule has 0 radical (unpaired) electrons. The van der Waals surface area contributed by atoms with E-state index in [9.17, 15) is 18.0 Å². The van der Waals surface area contributed by atoms with Crippen molar-refractivity contribution >= 4 is 27.3 Å². The number of carbonyl (C=O) groups is 2. The van der Waals surface area contributed by atoms with E-state index in [1.165, 1.54) is 0 Å². The molecular weight excluding hydrogens is 292 g/mol. The minimum absolute atomic E-state index is 0.0521. The lowest BCUT2D eigenvalue weighted by atomic mass is 10.1. The Morgan fingerprint density at radius 3 is 2.29 bits per heavy atom. The summed E-state index contributed by atoms with van der Waals surface area (Å²) in [6.07, 6.45) is 0.352. The highest BCUT2D eigenvalue weighted by Crippen LogP contribution is 2.19. The van der Waals surface area contributed by atoms with Gasteiger partial charge in [0.1, 0.15) is 0 Å². The Balaban J connectivity index is 1.99. The van der Waals surface area contributed by atoms with Crippen molar-refractivity contribution in [3.63, 3.8) is 0 Å². The second kappa shape index (κ2) is 5.85. The van der Waals surface area contributed by atoms with Crippen LogP contribution >= 0.6 is 0 Å². The fraction of sp³-hybridized carbons (Fsp3) is 0.429. The van der Waals surface area contributed by atoms with Crippen LogP contribution in [0, 0.1) is 13.8 Å². The van der Waals surface area contributed by atoms with Crippen LogP contribution in [0.1, 0.15) is 17.5 Å². The van der Waals surface area contributed by atoms with Crippen LogP contribution in [-0.4, -0.2) is 37.8 Å². The Morgan fingerprint density at radius 2 is 1.76 bits per heavy atom.